The third kappa shape index (κ3) is 7.81. The number of rotatable bonds is 4. The number of ether oxygens (including phenoxy) is 13. The number of methoxy groups -OCH3 is 2. The highest BCUT2D eigenvalue weighted by Gasteiger charge is 2.65. The lowest BCUT2D eigenvalue weighted by molar-refractivity contribution is -0.345. The lowest BCUT2D eigenvalue weighted by atomic mass is 9.90. The molecule has 0 aliphatic carbocycles. The van der Waals surface area contributed by atoms with Gasteiger partial charge in [-0.2, -0.15) is 0 Å². The van der Waals surface area contributed by atoms with Crippen molar-refractivity contribution in [1.29, 1.82) is 0 Å². The molecule has 4 unspecified atom stereocenters. The summed E-state index contributed by atoms with van der Waals surface area (Å²) in [5, 5.41) is 10.9. The van der Waals surface area contributed by atoms with Crippen LogP contribution in [0.3, 0.4) is 0 Å². The van der Waals surface area contributed by atoms with Crippen molar-refractivity contribution in [3.63, 3.8) is 0 Å². The van der Waals surface area contributed by atoms with Crippen LogP contribution in [-0.4, -0.2) is 134 Å². The molecular weight excluding hydrogens is 684 g/mol. The fourth-order valence-electron chi connectivity index (χ4n) is 7.76. The summed E-state index contributed by atoms with van der Waals surface area (Å²) in [6, 6.07) is 8.77. The normalized spacial score (nSPS) is 43.9. The van der Waals surface area contributed by atoms with E-state index in [2.05, 4.69) is 0 Å². The van der Waals surface area contributed by atoms with Crippen molar-refractivity contribution < 1.29 is 71.5 Å². The van der Waals surface area contributed by atoms with Crippen molar-refractivity contribution in [3.8, 4) is 0 Å². The van der Waals surface area contributed by atoms with Crippen molar-refractivity contribution in [1.82, 2.24) is 0 Å². The van der Waals surface area contributed by atoms with Crippen LogP contribution in [0.25, 0.3) is 0 Å². The number of carbonyl (C=O) groups excluding carboxylic acids is 1. The maximum atomic E-state index is 13.0. The van der Waals surface area contributed by atoms with Crippen LogP contribution in [0, 0.1) is 0 Å². The Kier molecular flexibility index (Phi) is 10.8. The van der Waals surface area contributed by atoms with E-state index in [-0.39, 0.29) is 6.61 Å². The van der Waals surface area contributed by atoms with Gasteiger partial charge in [0, 0.05) is 14.2 Å². The average molecular weight is 741 g/mol. The van der Waals surface area contributed by atoms with Gasteiger partial charge in [0.15, 0.2) is 41.3 Å². The summed E-state index contributed by atoms with van der Waals surface area (Å²) in [5.41, 5.74) is -2.26. The van der Waals surface area contributed by atoms with Gasteiger partial charge in [-0.15, -0.1) is 0 Å². The van der Waals surface area contributed by atoms with Gasteiger partial charge in [-0.05, 0) is 81.4 Å². The smallest absolute Gasteiger partial charge is 0.338 e. The number of carbonyl (C=O) groups is 1. The first-order chi connectivity index (χ1) is 24.1. The summed E-state index contributed by atoms with van der Waals surface area (Å²) in [6.07, 6.45) is -5.91. The molecule has 6 aliphatic heterocycles. The van der Waals surface area contributed by atoms with Gasteiger partial charge in [0.1, 0.15) is 54.4 Å². The highest BCUT2D eigenvalue weighted by Crippen LogP contribution is 2.47. The van der Waals surface area contributed by atoms with Crippen LogP contribution < -0.4 is 0 Å². The van der Waals surface area contributed by atoms with Gasteiger partial charge in [-0.1, -0.05) is 18.2 Å². The zero-order valence-corrected chi connectivity index (χ0v) is 32.2. The van der Waals surface area contributed by atoms with Crippen molar-refractivity contribution >= 4 is 5.97 Å². The third-order valence-corrected chi connectivity index (χ3v) is 10.1. The van der Waals surface area contributed by atoms with Crippen LogP contribution in [-0.2, 0) is 61.6 Å². The molecular formula is C37H56O15. The molecule has 15 heteroatoms. The van der Waals surface area contributed by atoms with E-state index in [9.17, 15) is 9.90 Å². The molecule has 1 aromatic rings. The standard InChI is InChI=1S/C22H30O8.C15H26O7/c1-20(2)25-12-14-15(27-20)16-17(29-21(3,4)28-16)22(5,19(24-6)26-14)30-18(23)13-10-8-7-9-11-13;1-13(2)18-7-8-9(20-13)10-11(22-14(3,4)21-10)15(5,16)12(17-6)19-8/h7-11,14-17,19H,12H2,1-6H3;8-12,16H,7H2,1-6H3/t14?,15-,16+,17?,19+,22-;8?,9-,10+,11?,12+,15-/m11/s1. The Bertz CT molecular complexity index is 1410. The Morgan fingerprint density at radius 2 is 1.06 bits per heavy atom. The maximum absolute atomic E-state index is 13.0. The van der Waals surface area contributed by atoms with Gasteiger partial charge < -0.3 is 66.7 Å². The molecule has 6 fully saturated rings. The number of hydrogen-bond donors (Lipinski definition) is 1. The Labute approximate surface area is 305 Å². The minimum Gasteiger partial charge on any atom is -0.447 e. The van der Waals surface area contributed by atoms with Gasteiger partial charge >= 0.3 is 5.97 Å². The lowest BCUT2D eigenvalue weighted by Gasteiger charge is -2.42. The molecule has 0 spiro atoms. The number of aliphatic hydroxyl groups is 1. The Hall–Kier alpha value is -1.83. The summed E-state index contributed by atoms with van der Waals surface area (Å²) >= 11 is 0. The predicted molar refractivity (Wildman–Crippen MR) is 180 cm³/mol. The molecule has 7 rings (SSSR count). The fourth-order valence-corrected chi connectivity index (χ4v) is 7.76. The van der Waals surface area contributed by atoms with Crippen molar-refractivity contribution in [2.24, 2.45) is 0 Å². The second kappa shape index (κ2) is 14.0. The van der Waals surface area contributed by atoms with E-state index in [0.29, 0.717) is 12.2 Å². The van der Waals surface area contributed by atoms with Crippen LogP contribution in [0.2, 0.25) is 0 Å². The highest BCUT2D eigenvalue weighted by molar-refractivity contribution is 5.89. The fraction of sp³-hybridized carbons (Fsp3) is 0.811. The first-order valence-electron chi connectivity index (χ1n) is 17.8. The molecule has 1 N–H and O–H groups in total. The second-order valence-electron chi connectivity index (χ2n) is 16.3. The number of esters is 1. The van der Waals surface area contributed by atoms with E-state index in [1.807, 2.05) is 61.5 Å². The molecule has 15 nitrogen and oxygen atoms in total. The number of fused-ring (bicyclic) bond motifs is 6. The van der Waals surface area contributed by atoms with E-state index >= 15 is 0 Å². The molecule has 1 aromatic carbocycles. The number of benzene rings is 1. The molecule has 0 bridgehead atoms. The molecule has 0 amide bonds. The topological polar surface area (TPSA) is 157 Å². The van der Waals surface area contributed by atoms with E-state index in [4.69, 9.17) is 61.6 Å². The molecule has 0 aromatic heterocycles. The van der Waals surface area contributed by atoms with Crippen LogP contribution in [0.15, 0.2) is 30.3 Å². The van der Waals surface area contributed by atoms with E-state index in [0.717, 1.165) is 0 Å². The van der Waals surface area contributed by atoms with Crippen molar-refractivity contribution in [2.45, 2.75) is 165 Å². The molecule has 6 heterocycles. The van der Waals surface area contributed by atoms with Crippen molar-refractivity contribution in [3.05, 3.63) is 35.9 Å². The number of hydrogen-bond acceptors (Lipinski definition) is 15. The largest absolute Gasteiger partial charge is 0.447 e. The Morgan fingerprint density at radius 3 is 1.56 bits per heavy atom. The van der Waals surface area contributed by atoms with Gasteiger partial charge in [-0.25, -0.2) is 4.79 Å². The Balaban J connectivity index is 0.000000187. The van der Waals surface area contributed by atoms with Gasteiger partial charge in [0.25, 0.3) is 0 Å². The van der Waals surface area contributed by atoms with Crippen molar-refractivity contribution in [2.75, 3.05) is 27.4 Å². The molecule has 6 saturated heterocycles. The molecule has 0 saturated carbocycles. The van der Waals surface area contributed by atoms with E-state index < -0.39 is 102 Å². The zero-order chi connectivity index (χ0) is 38.1. The van der Waals surface area contributed by atoms with E-state index in [1.165, 1.54) is 14.2 Å². The first-order valence-corrected chi connectivity index (χ1v) is 17.8. The molecule has 6 aliphatic rings. The first kappa shape index (κ1) is 39.9. The minimum atomic E-state index is -1.38. The summed E-state index contributed by atoms with van der Waals surface area (Å²) < 4.78 is 77.3. The molecule has 0 radical (unpaired) electrons. The SMILES string of the molecule is CO[C@H]1OC2COC(C)(C)O[C@H]2[C@@H]2OC(C)(C)OC2[C@@]1(C)O.CO[C@H]1OC2COC(C)(C)O[C@H]2[C@@H]2OC(C)(C)OC2[C@@]1(C)OC(=O)c1ccccc1. The van der Waals surface area contributed by atoms with Gasteiger partial charge in [0.2, 0.25) is 0 Å². The summed E-state index contributed by atoms with van der Waals surface area (Å²) in [5.74, 6) is -3.77. The Morgan fingerprint density at radius 1 is 0.615 bits per heavy atom. The van der Waals surface area contributed by atoms with Crippen LogP contribution >= 0.6 is 0 Å². The van der Waals surface area contributed by atoms with Crippen LogP contribution in [0.4, 0.5) is 0 Å². The summed E-state index contributed by atoms with van der Waals surface area (Å²) in [6.45, 7) is 18.6. The second-order valence-corrected chi connectivity index (χ2v) is 16.3. The summed E-state index contributed by atoms with van der Waals surface area (Å²) in [7, 11) is 2.99. The molecule has 12 atom stereocenters. The van der Waals surface area contributed by atoms with Crippen LogP contribution in [0.1, 0.15) is 79.6 Å². The molecule has 52 heavy (non-hydrogen) atoms. The average Bonchev–Trinajstić information content (AvgIpc) is 3.54. The van der Waals surface area contributed by atoms with Crippen LogP contribution in [0.5, 0.6) is 0 Å². The maximum Gasteiger partial charge on any atom is 0.338 e. The van der Waals surface area contributed by atoms with Gasteiger partial charge in [-0.3, -0.25) is 0 Å². The summed E-state index contributed by atoms with van der Waals surface area (Å²) in [4.78, 5) is 13.0. The quantitative estimate of drug-likeness (QED) is 0.448. The predicted octanol–water partition coefficient (Wildman–Crippen LogP) is 3.43. The highest BCUT2D eigenvalue weighted by atomic mass is 16.8. The lowest BCUT2D eigenvalue weighted by Crippen LogP contribution is -2.58. The molecule has 294 valence electrons. The minimum absolute atomic E-state index is 0.285. The van der Waals surface area contributed by atoms with Gasteiger partial charge in [0.05, 0.1) is 18.8 Å². The van der Waals surface area contributed by atoms with E-state index in [1.54, 1.807) is 38.1 Å². The third-order valence-electron chi connectivity index (χ3n) is 10.1. The monoisotopic (exact) mass is 740 g/mol. The zero-order valence-electron chi connectivity index (χ0n) is 32.2.